The summed E-state index contributed by atoms with van der Waals surface area (Å²) in [5, 5.41) is 9.90. The number of aromatic nitrogens is 2. The number of rotatable bonds is 17. The molecule has 0 aliphatic carbocycles. The first-order chi connectivity index (χ1) is 17.0. The first-order valence-electron chi connectivity index (χ1n) is 13.7. The summed E-state index contributed by atoms with van der Waals surface area (Å²) in [6.07, 6.45) is 8.14. The van der Waals surface area contributed by atoms with Crippen LogP contribution in [0.2, 0.25) is 0 Å². The Balaban J connectivity index is 3.04. The zero-order valence-corrected chi connectivity index (χ0v) is 25.2. The summed E-state index contributed by atoms with van der Waals surface area (Å²) in [6, 6.07) is 0. The molecular formula is C26H49N5O3S2. The minimum Gasteiger partial charge on any atom is -0.386 e. The average Bonchev–Trinajstić information content (AvgIpc) is 3.30. The third kappa shape index (κ3) is 9.08. The molecule has 3 N–H and O–H groups in total. The van der Waals surface area contributed by atoms with Gasteiger partial charge in [-0.1, -0.05) is 98.3 Å². The van der Waals surface area contributed by atoms with Crippen molar-refractivity contribution in [2.24, 2.45) is 45.6 Å². The molecule has 1 heterocycles. The van der Waals surface area contributed by atoms with Crippen LogP contribution in [0.1, 0.15) is 107 Å². The second kappa shape index (κ2) is 15.6. The normalized spacial score (nSPS) is 17.7. The molecular weight excluding hydrogens is 494 g/mol. The summed E-state index contributed by atoms with van der Waals surface area (Å²) in [6.45, 7) is 17.5. The highest BCUT2D eigenvalue weighted by molar-refractivity contribution is 7.92. The van der Waals surface area contributed by atoms with Crippen molar-refractivity contribution in [2.75, 3.05) is 5.32 Å². The maximum Gasteiger partial charge on any atom is 0.313 e. The van der Waals surface area contributed by atoms with Crippen LogP contribution in [-0.4, -0.2) is 30.4 Å². The number of carbonyl (C=O) groups excluding carboxylic acids is 1. The summed E-state index contributed by atoms with van der Waals surface area (Å²) in [4.78, 5) is 11.2. The van der Waals surface area contributed by atoms with Crippen LogP contribution in [0.5, 0.6) is 0 Å². The number of hydrogen-bond acceptors (Lipinski definition) is 6. The van der Waals surface area contributed by atoms with Gasteiger partial charge in [-0.3, -0.25) is 4.79 Å². The van der Waals surface area contributed by atoms with Gasteiger partial charge in [-0.15, -0.1) is 14.6 Å². The van der Waals surface area contributed by atoms with Crippen LogP contribution in [0.4, 0.5) is 5.13 Å². The predicted octanol–water partition coefficient (Wildman–Crippen LogP) is 6.50. The number of anilines is 1. The number of nitrogens with one attached hydrogen (secondary N) is 1. The van der Waals surface area contributed by atoms with E-state index in [9.17, 15) is 13.2 Å². The fourth-order valence-electron chi connectivity index (χ4n) is 6.07. The van der Waals surface area contributed by atoms with E-state index in [4.69, 9.17) is 5.73 Å². The lowest BCUT2D eigenvalue weighted by molar-refractivity contribution is -0.114. The Morgan fingerprint density at radius 3 is 1.94 bits per heavy atom. The van der Waals surface area contributed by atoms with E-state index in [2.05, 4.69) is 68.4 Å². The monoisotopic (exact) mass is 543 g/mol. The fraction of sp³-hybridized carbons (Fsp3) is 0.846. The molecule has 1 rings (SSSR count). The highest BCUT2D eigenvalue weighted by Gasteiger charge is 2.36. The van der Waals surface area contributed by atoms with Crippen LogP contribution >= 0.6 is 11.3 Å². The molecule has 0 spiro atoms. The third-order valence-electron chi connectivity index (χ3n) is 7.96. The average molecular weight is 544 g/mol. The molecule has 36 heavy (non-hydrogen) atoms. The highest BCUT2D eigenvalue weighted by Crippen LogP contribution is 2.44. The number of amidine groups is 1. The van der Waals surface area contributed by atoms with Crippen LogP contribution in [0.15, 0.2) is 8.74 Å². The minimum absolute atomic E-state index is 0.0886. The van der Waals surface area contributed by atoms with Gasteiger partial charge in [0.15, 0.2) is 0 Å². The summed E-state index contributed by atoms with van der Waals surface area (Å²) in [7, 11) is -4.06. The van der Waals surface area contributed by atoms with E-state index in [0.29, 0.717) is 36.0 Å². The SMILES string of the molecule is CCC(C)C(CC)C(CC)C(CC)C(CC)C(CC)CC/C(N)=N\S(=O)(=O)c1nnc(NC(C)=O)s1. The Kier molecular flexibility index (Phi) is 14.1. The molecule has 0 radical (unpaired) electrons. The summed E-state index contributed by atoms with van der Waals surface area (Å²) in [5.41, 5.74) is 6.11. The van der Waals surface area contributed by atoms with Crippen LogP contribution in [-0.2, 0) is 14.8 Å². The van der Waals surface area contributed by atoms with Crippen molar-refractivity contribution in [1.29, 1.82) is 0 Å². The van der Waals surface area contributed by atoms with Gasteiger partial charge in [0, 0.05) is 13.3 Å². The van der Waals surface area contributed by atoms with Crippen LogP contribution in [0.3, 0.4) is 0 Å². The van der Waals surface area contributed by atoms with Crippen LogP contribution in [0.25, 0.3) is 0 Å². The van der Waals surface area contributed by atoms with Crippen molar-refractivity contribution in [1.82, 2.24) is 10.2 Å². The summed E-state index contributed by atoms with van der Waals surface area (Å²) >= 11 is 0.764. The second-order valence-electron chi connectivity index (χ2n) is 9.99. The molecule has 1 amide bonds. The zero-order chi connectivity index (χ0) is 27.5. The van der Waals surface area contributed by atoms with Crippen molar-refractivity contribution in [3.8, 4) is 0 Å². The van der Waals surface area contributed by atoms with E-state index >= 15 is 0 Å². The molecule has 208 valence electrons. The van der Waals surface area contributed by atoms with Gasteiger partial charge in [0.05, 0.1) is 0 Å². The predicted molar refractivity (Wildman–Crippen MR) is 151 cm³/mol. The van der Waals surface area contributed by atoms with Gasteiger partial charge in [0.1, 0.15) is 5.84 Å². The first-order valence-corrected chi connectivity index (χ1v) is 15.9. The van der Waals surface area contributed by atoms with E-state index in [-0.39, 0.29) is 21.2 Å². The Bertz CT molecular complexity index is 932. The maximum absolute atomic E-state index is 12.7. The van der Waals surface area contributed by atoms with E-state index in [1.54, 1.807) is 0 Å². The van der Waals surface area contributed by atoms with E-state index in [1.165, 1.54) is 26.2 Å². The van der Waals surface area contributed by atoms with Gasteiger partial charge >= 0.3 is 10.0 Å². The number of carbonyl (C=O) groups is 1. The van der Waals surface area contributed by atoms with E-state index in [0.717, 1.165) is 42.9 Å². The molecule has 6 unspecified atom stereocenters. The maximum atomic E-state index is 12.7. The van der Waals surface area contributed by atoms with Gasteiger partial charge < -0.3 is 11.1 Å². The minimum atomic E-state index is -4.06. The summed E-state index contributed by atoms with van der Waals surface area (Å²) < 4.78 is 28.9. The molecule has 0 fully saturated rings. The molecule has 0 aliphatic rings. The standard InChI is InChI=1S/C26H49N5O3S2/c1-9-17(7)20(11-3)22(13-5)23(14-6)21(12-4)19(10-2)15-16-24(27)31-36(33,34)26-30-29-25(35-26)28-18(8)32/h17,19-23H,9-16H2,1-8H3,(H2,27,31)(H,28,29,32). The quantitative estimate of drug-likeness (QED) is 0.131. The number of nitrogens with zero attached hydrogens (tertiary/aromatic N) is 3. The first kappa shape index (κ1) is 32.5. The smallest absolute Gasteiger partial charge is 0.313 e. The van der Waals surface area contributed by atoms with Gasteiger partial charge in [0.25, 0.3) is 4.34 Å². The van der Waals surface area contributed by atoms with Gasteiger partial charge in [-0.05, 0) is 41.9 Å². The molecule has 0 aromatic carbocycles. The molecule has 0 aliphatic heterocycles. The molecule has 6 atom stereocenters. The lowest BCUT2D eigenvalue weighted by Crippen LogP contribution is -2.35. The van der Waals surface area contributed by atoms with E-state index < -0.39 is 10.0 Å². The summed E-state index contributed by atoms with van der Waals surface area (Å²) in [5.74, 6) is 3.53. The number of hydrogen-bond donors (Lipinski definition) is 2. The highest BCUT2D eigenvalue weighted by atomic mass is 32.2. The zero-order valence-electron chi connectivity index (χ0n) is 23.6. The molecule has 0 bridgehead atoms. The van der Waals surface area contributed by atoms with E-state index in [1.807, 2.05) is 0 Å². The lowest BCUT2D eigenvalue weighted by atomic mass is 9.63. The van der Waals surface area contributed by atoms with Crippen molar-refractivity contribution in [3.63, 3.8) is 0 Å². The second-order valence-corrected chi connectivity index (χ2v) is 12.7. The Labute approximate surface area is 223 Å². The third-order valence-corrected chi connectivity index (χ3v) is 10.5. The van der Waals surface area contributed by atoms with Gasteiger partial charge in [-0.25, -0.2) is 0 Å². The van der Waals surface area contributed by atoms with Crippen molar-refractivity contribution >= 4 is 38.2 Å². The number of amides is 1. The molecule has 10 heteroatoms. The Morgan fingerprint density at radius 2 is 1.47 bits per heavy atom. The molecule has 0 saturated heterocycles. The largest absolute Gasteiger partial charge is 0.386 e. The lowest BCUT2D eigenvalue weighted by Gasteiger charge is -2.42. The van der Waals surface area contributed by atoms with Crippen LogP contribution in [0, 0.1) is 35.5 Å². The number of nitrogens with two attached hydrogens (primary N) is 1. The Hall–Kier alpha value is -1.55. The Morgan fingerprint density at radius 1 is 0.917 bits per heavy atom. The van der Waals surface area contributed by atoms with Gasteiger partial charge in [-0.2, -0.15) is 8.42 Å². The van der Waals surface area contributed by atoms with Crippen molar-refractivity contribution in [3.05, 3.63) is 0 Å². The molecule has 1 aromatic rings. The van der Waals surface area contributed by atoms with Crippen molar-refractivity contribution < 1.29 is 13.2 Å². The molecule has 8 nitrogen and oxygen atoms in total. The van der Waals surface area contributed by atoms with Gasteiger partial charge in [0.2, 0.25) is 11.0 Å². The molecule has 0 saturated carbocycles. The number of sulfonamides is 1. The van der Waals surface area contributed by atoms with Crippen molar-refractivity contribution in [2.45, 2.75) is 111 Å². The topological polar surface area (TPSA) is 127 Å². The fourth-order valence-corrected chi connectivity index (χ4v) is 7.99. The van der Waals surface area contributed by atoms with Crippen LogP contribution < -0.4 is 11.1 Å². The molecule has 1 aromatic heterocycles.